The normalized spacial score (nSPS) is 11.6. The van der Waals surface area contributed by atoms with Gasteiger partial charge in [-0.25, -0.2) is 0 Å². The van der Waals surface area contributed by atoms with Crippen molar-refractivity contribution < 1.29 is 33.0 Å². The Kier molecular flexibility index (Phi) is 7.62. The third-order valence-electron chi connectivity index (χ3n) is 6.83. The Morgan fingerprint density at radius 3 is 2.06 bits per heavy atom. The molecule has 4 aromatic rings. The van der Waals surface area contributed by atoms with Crippen LogP contribution in [0.3, 0.4) is 0 Å². The summed E-state index contributed by atoms with van der Waals surface area (Å²) in [4.78, 5) is 0. The molecule has 4 nitrogen and oxygen atoms in total. The Bertz CT molecular complexity index is 1220. The molecule has 0 saturated carbocycles. The molecule has 0 aliphatic heterocycles. The maximum atomic E-state index is 6.25. The highest BCUT2D eigenvalue weighted by molar-refractivity contribution is 6.10. The van der Waals surface area contributed by atoms with E-state index in [0.29, 0.717) is 0 Å². The summed E-state index contributed by atoms with van der Waals surface area (Å²) in [6, 6.07) is 23.1. The lowest BCUT2D eigenvalue weighted by molar-refractivity contribution is -0.908. The number of benzene rings is 3. The van der Waals surface area contributed by atoms with Crippen LogP contribution in [0.2, 0.25) is 0 Å². The molecule has 32 heavy (non-hydrogen) atoms. The van der Waals surface area contributed by atoms with Gasteiger partial charge in [0, 0.05) is 28.4 Å². The van der Waals surface area contributed by atoms with E-state index in [1.165, 1.54) is 32.9 Å². The van der Waals surface area contributed by atoms with Gasteiger partial charge in [0.2, 0.25) is 11.2 Å². The van der Waals surface area contributed by atoms with Crippen molar-refractivity contribution >= 4 is 33.1 Å². The van der Waals surface area contributed by atoms with Crippen LogP contribution in [0.25, 0.3) is 32.9 Å². The number of pyridine rings is 1. The fourth-order valence-corrected chi connectivity index (χ4v) is 4.55. The first-order valence-corrected chi connectivity index (χ1v) is 11.3. The van der Waals surface area contributed by atoms with Gasteiger partial charge in [0.05, 0.1) is 43.9 Å². The number of nitrogens with zero attached hydrogens (tertiary/aromatic N) is 2. The maximum absolute atomic E-state index is 6.25. The van der Waals surface area contributed by atoms with Crippen molar-refractivity contribution in [3.63, 3.8) is 0 Å². The number of fused-ring (bicyclic) bond motifs is 3. The first kappa shape index (κ1) is 24.3. The predicted octanol–water partition coefficient (Wildman–Crippen LogP) is 1.99. The smallest absolute Gasteiger partial charge is 0.220 e. The molecule has 4 rings (SSSR count). The summed E-state index contributed by atoms with van der Waals surface area (Å²) >= 11 is 0. The Morgan fingerprint density at radius 1 is 0.781 bits per heavy atom. The lowest BCUT2D eigenvalue weighted by Gasteiger charge is -2.31. The van der Waals surface area contributed by atoms with Crippen LogP contribution in [-0.2, 0) is 6.54 Å². The Hall–Kier alpha value is -2.38. The van der Waals surface area contributed by atoms with Crippen molar-refractivity contribution in [1.82, 2.24) is 0 Å². The molecule has 5 heteroatoms. The first-order valence-electron chi connectivity index (χ1n) is 11.3. The molecule has 0 fully saturated rings. The highest BCUT2D eigenvalue weighted by Crippen LogP contribution is 2.33. The number of anilines is 2. The van der Waals surface area contributed by atoms with Crippen molar-refractivity contribution in [2.24, 2.45) is 0 Å². The number of aryl methyl sites for hydroxylation is 1. The lowest BCUT2D eigenvalue weighted by Crippen LogP contribution is -3.00. The Morgan fingerprint density at radius 2 is 1.41 bits per heavy atom. The summed E-state index contributed by atoms with van der Waals surface area (Å²) in [6.07, 6.45) is 1.10. The largest absolute Gasteiger partial charge is 1.00 e. The molecule has 0 aliphatic carbocycles. The zero-order valence-electron chi connectivity index (χ0n) is 19.3. The van der Waals surface area contributed by atoms with Gasteiger partial charge in [0.1, 0.15) is 0 Å². The molecule has 0 spiro atoms. The summed E-state index contributed by atoms with van der Waals surface area (Å²) < 4.78 is 3.54. The van der Waals surface area contributed by atoms with Crippen LogP contribution in [0, 0.1) is 0 Å². The second-order valence-corrected chi connectivity index (χ2v) is 8.78. The van der Waals surface area contributed by atoms with Gasteiger partial charge in [-0.3, -0.25) is 0 Å². The SMILES string of the molecule is CC[N+](C)(CC)CCC[n+]1c(-c2ccccc2)c2cc(N)ccc2c2ccc(N)cc21.[I-]. The monoisotopic (exact) mass is 541 g/mol. The minimum Gasteiger partial charge on any atom is -1.00 e. The minimum atomic E-state index is 0. The van der Waals surface area contributed by atoms with Gasteiger partial charge in [0.25, 0.3) is 0 Å². The van der Waals surface area contributed by atoms with Crippen LogP contribution >= 0.6 is 0 Å². The molecule has 1 aromatic heterocycles. The topological polar surface area (TPSA) is 55.9 Å². The molecule has 4 N–H and O–H groups in total. The lowest BCUT2D eigenvalue weighted by atomic mass is 9.98. The van der Waals surface area contributed by atoms with Crippen molar-refractivity contribution in [2.45, 2.75) is 26.8 Å². The Labute approximate surface area is 208 Å². The van der Waals surface area contributed by atoms with Gasteiger partial charge in [-0.2, -0.15) is 4.57 Å². The molecule has 168 valence electrons. The highest BCUT2D eigenvalue weighted by atomic mass is 127. The molecule has 0 radical (unpaired) electrons. The van der Waals surface area contributed by atoms with Crippen molar-refractivity contribution in [3.8, 4) is 11.3 Å². The number of nitrogens with two attached hydrogens (primary N) is 2. The standard InChI is InChI=1S/C27H33N4.HI/c1-4-31(3,5-2)17-9-16-30-26-19-22(29)13-15-24(26)23-14-12-21(28)18-25(23)27(30)20-10-7-6-8-11-20;/h6-8,10-15,18-19,29H,4-5,9,16-17,28H2,1-3H3;1H/q+1;. The van der Waals surface area contributed by atoms with Crippen LogP contribution in [0.4, 0.5) is 11.4 Å². The average Bonchev–Trinajstić information content (AvgIpc) is 2.79. The van der Waals surface area contributed by atoms with Gasteiger partial charge in [-0.1, -0.05) is 24.3 Å². The van der Waals surface area contributed by atoms with Crippen LogP contribution in [0.5, 0.6) is 0 Å². The number of halogens is 1. The molecule has 0 atom stereocenters. The van der Waals surface area contributed by atoms with E-state index in [9.17, 15) is 0 Å². The average molecular weight is 542 g/mol. The van der Waals surface area contributed by atoms with E-state index in [-0.39, 0.29) is 24.0 Å². The molecule has 0 bridgehead atoms. The summed E-state index contributed by atoms with van der Waals surface area (Å²) in [7, 11) is 2.35. The van der Waals surface area contributed by atoms with Gasteiger partial charge < -0.3 is 39.9 Å². The quantitative estimate of drug-likeness (QED) is 0.124. The van der Waals surface area contributed by atoms with Crippen molar-refractivity contribution in [1.29, 1.82) is 0 Å². The van der Waals surface area contributed by atoms with E-state index >= 15 is 0 Å². The van der Waals surface area contributed by atoms with Gasteiger partial charge in [0.15, 0.2) is 6.54 Å². The molecule has 0 aliphatic rings. The van der Waals surface area contributed by atoms with Crippen LogP contribution < -0.4 is 40.0 Å². The van der Waals surface area contributed by atoms with Crippen molar-refractivity contribution in [3.05, 3.63) is 66.7 Å². The highest BCUT2D eigenvalue weighted by Gasteiger charge is 2.25. The molecule has 0 unspecified atom stereocenters. The van der Waals surface area contributed by atoms with E-state index in [0.717, 1.165) is 48.5 Å². The molecule has 0 saturated heterocycles. The van der Waals surface area contributed by atoms with E-state index in [2.05, 4.69) is 80.1 Å². The number of rotatable bonds is 7. The summed E-state index contributed by atoms with van der Waals surface area (Å²) in [6.45, 7) is 8.93. The molecular formula is C27H34IN4+. The summed E-state index contributed by atoms with van der Waals surface area (Å²) in [5.41, 5.74) is 17.7. The zero-order chi connectivity index (χ0) is 22.0. The first-order chi connectivity index (χ1) is 15.0. The zero-order valence-corrected chi connectivity index (χ0v) is 21.5. The number of aromatic nitrogens is 1. The number of hydrogen-bond acceptors (Lipinski definition) is 2. The predicted molar refractivity (Wildman–Crippen MR) is 133 cm³/mol. The summed E-state index contributed by atoms with van der Waals surface area (Å²) in [5, 5.41) is 3.61. The van der Waals surface area contributed by atoms with E-state index in [4.69, 9.17) is 11.5 Å². The van der Waals surface area contributed by atoms with Crippen LogP contribution in [0.1, 0.15) is 20.3 Å². The molecule has 0 amide bonds. The van der Waals surface area contributed by atoms with Gasteiger partial charge in [-0.15, -0.1) is 0 Å². The van der Waals surface area contributed by atoms with Crippen LogP contribution in [0.15, 0.2) is 66.7 Å². The van der Waals surface area contributed by atoms with E-state index in [1.54, 1.807) is 0 Å². The van der Waals surface area contributed by atoms with E-state index < -0.39 is 0 Å². The van der Waals surface area contributed by atoms with Gasteiger partial charge in [-0.05, 0) is 50.2 Å². The molecule has 3 aromatic carbocycles. The van der Waals surface area contributed by atoms with Crippen molar-refractivity contribution in [2.75, 3.05) is 38.1 Å². The maximum Gasteiger partial charge on any atom is 0.220 e. The number of quaternary nitrogens is 1. The third kappa shape index (κ3) is 4.69. The number of hydrogen-bond donors (Lipinski definition) is 2. The second-order valence-electron chi connectivity index (χ2n) is 8.78. The molecular weight excluding hydrogens is 507 g/mol. The van der Waals surface area contributed by atoms with Gasteiger partial charge >= 0.3 is 0 Å². The van der Waals surface area contributed by atoms with Crippen LogP contribution in [-0.4, -0.2) is 31.2 Å². The third-order valence-corrected chi connectivity index (χ3v) is 6.83. The second kappa shape index (κ2) is 10.0. The fourth-order valence-electron chi connectivity index (χ4n) is 4.55. The van der Waals surface area contributed by atoms with E-state index in [1.807, 2.05) is 12.1 Å². The Balaban J connectivity index is 0.00000289. The summed E-state index contributed by atoms with van der Waals surface area (Å²) in [5.74, 6) is 0. The minimum absolute atomic E-state index is 0. The number of nitrogen functional groups attached to an aromatic ring is 2. The fraction of sp³-hybridized carbons (Fsp3) is 0.296. The molecule has 1 heterocycles.